The van der Waals surface area contributed by atoms with Gasteiger partial charge < -0.3 is 19.8 Å². The van der Waals surface area contributed by atoms with Crippen molar-refractivity contribution < 1.29 is 18.8 Å². The second-order valence-corrected chi connectivity index (χ2v) is 6.39. The van der Waals surface area contributed by atoms with Gasteiger partial charge in [-0.3, -0.25) is 4.79 Å². The Morgan fingerprint density at radius 1 is 1.00 bits per heavy atom. The van der Waals surface area contributed by atoms with E-state index in [0.29, 0.717) is 22.3 Å². The fourth-order valence-electron chi connectivity index (χ4n) is 3.44. The van der Waals surface area contributed by atoms with Crippen LogP contribution in [-0.4, -0.2) is 22.7 Å². The highest BCUT2D eigenvalue weighted by atomic mass is 16.5. The first kappa shape index (κ1) is 16.4. The molecule has 132 valence electrons. The summed E-state index contributed by atoms with van der Waals surface area (Å²) in [5, 5.41) is 13.5. The fraction of sp³-hybridized carbons (Fsp3) is 0.150. The van der Waals surface area contributed by atoms with Crippen molar-refractivity contribution in [3.8, 4) is 0 Å². The lowest BCUT2D eigenvalue weighted by Gasteiger charge is -2.35. The number of hydroxylamine groups is 2. The normalized spacial score (nSPS) is 12.3. The molecule has 6 nitrogen and oxygen atoms in total. The highest BCUT2D eigenvalue weighted by Crippen LogP contribution is 2.42. The molecule has 4 rings (SSSR count). The summed E-state index contributed by atoms with van der Waals surface area (Å²) in [5.74, 6) is -0.640. The van der Waals surface area contributed by atoms with Crippen LogP contribution in [0.2, 0.25) is 0 Å². The van der Waals surface area contributed by atoms with Crippen molar-refractivity contribution in [2.24, 2.45) is 5.73 Å². The number of carbonyl (C=O) groups excluding carboxylic acids is 1. The molecule has 26 heavy (non-hydrogen) atoms. The highest BCUT2D eigenvalue weighted by molar-refractivity contribution is 5.87. The first-order chi connectivity index (χ1) is 12.5. The Balaban J connectivity index is 2.00. The van der Waals surface area contributed by atoms with E-state index in [1.807, 2.05) is 55.5 Å². The van der Waals surface area contributed by atoms with E-state index in [4.69, 9.17) is 14.6 Å². The summed E-state index contributed by atoms with van der Waals surface area (Å²) in [6.07, 6.45) is 3.19. The first-order valence-electron chi connectivity index (χ1n) is 8.20. The Bertz CT molecular complexity index is 1020. The molecule has 0 saturated heterocycles. The van der Waals surface area contributed by atoms with Gasteiger partial charge in [0, 0.05) is 21.9 Å². The molecular weight excluding hydrogens is 332 g/mol. The third-order valence-corrected chi connectivity index (χ3v) is 4.83. The largest absolute Gasteiger partial charge is 0.464 e. The molecule has 0 aliphatic heterocycles. The van der Waals surface area contributed by atoms with Gasteiger partial charge >= 0.3 is 0 Å². The van der Waals surface area contributed by atoms with Gasteiger partial charge in [0.25, 0.3) is 0 Å². The number of carbonyl (C=O) groups is 1. The minimum Gasteiger partial charge on any atom is -0.464 e. The number of benzene rings is 2. The Hall–Kier alpha value is -3.09. The molecule has 0 spiro atoms. The smallest absolute Gasteiger partial charge is 0.234 e. The van der Waals surface area contributed by atoms with Crippen molar-refractivity contribution in [3.63, 3.8) is 0 Å². The van der Waals surface area contributed by atoms with Gasteiger partial charge in [0.05, 0.1) is 12.5 Å². The molecule has 2 heterocycles. The van der Waals surface area contributed by atoms with Crippen LogP contribution in [0.15, 0.2) is 69.9 Å². The summed E-state index contributed by atoms with van der Waals surface area (Å²) in [5.41, 5.74) is 7.03. The molecule has 1 amide bonds. The zero-order chi connectivity index (χ0) is 18.3. The van der Waals surface area contributed by atoms with Crippen LogP contribution in [0.4, 0.5) is 0 Å². The molecule has 6 heteroatoms. The van der Waals surface area contributed by atoms with Crippen LogP contribution in [0.25, 0.3) is 21.9 Å². The van der Waals surface area contributed by atoms with Crippen LogP contribution in [0.1, 0.15) is 18.1 Å². The van der Waals surface area contributed by atoms with Crippen molar-refractivity contribution >= 4 is 27.8 Å². The average molecular weight is 350 g/mol. The van der Waals surface area contributed by atoms with Gasteiger partial charge in [-0.05, 0) is 19.1 Å². The first-order valence-corrected chi connectivity index (χ1v) is 8.20. The van der Waals surface area contributed by atoms with Crippen molar-refractivity contribution in [1.29, 1.82) is 0 Å². The molecule has 0 bridgehead atoms. The van der Waals surface area contributed by atoms with Crippen LogP contribution in [0.5, 0.6) is 0 Å². The Kier molecular flexibility index (Phi) is 3.79. The van der Waals surface area contributed by atoms with E-state index in [9.17, 15) is 10.0 Å². The van der Waals surface area contributed by atoms with Gasteiger partial charge in [0.1, 0.15) is 23.2 Å². The molecule has 0 atom stereocenters. The molecule has 0 aliphatic carbocycles. The van der Waals surface area contributed by atoms with Crippen LogP contribution < -0.4 is 5.73 Å². The number of nitrogens with zero attached hydrogens (tertiary/aromatic N) is 1. The third kappa shape index (κ3) is 2.39. The summed E-state index contributed by atoms with van der Waals surface area (Å²) in [4.78, 5) is 11.5. The van der Waals surface area contributed by atoms with Gasteiger partial charge in [-0.25, -0.2) is 0 Å². The number of hydrogen-bond acceptors (Lipinski definition) is 5. The van der Waals surface area contributed by atoms with Crippen molar-refractivity contribution in [1.82, 2.24) is 5.06 Å². The lowest BCUT2D eigenvalue weighted by Crippen LogP contribution is -2.46. The molecule has 2 aromatic carbocycles. The predicted octanol–water partition coefficient (Wildman–Crippen LogP) is 3.62. The molecule has 0 aliphatic rings. The van der Waals surface area contributed by atoms with E-state index in [1.165, 1.54) is 0 Å². The van der Waals surface area contributed by atoms with Crippen molar-refractivity contribution in [3.05, 3.63) is 72.2 Å². The third-order valence-electron chi connectivity index (χ3n) is 4.83. The standard InChI is InChI=1S/C20H18N2O4/c1-20(22(24)10-19(21)23,15-11-25-17-8-4-2-6-13(15)17)16-12-26-18-9-5-3-7-14(16)18/h2-9,11-12,24H,10H2,1H3,(H2,21,23). The van der Waals surface area contributed by atoms with Crippen molar-refractivity contribution in [2.75, 3.05) is 6.54 Å². The maximum Gasteiger partial charge on any atom is 0.234 e. The van der Waals surface area contributed by atoms with E-state index >= 15 is 0 Å². The van der Waals surface area contributed by atoms with Crippen LogP contribution in [-0.2, 0) is 10.3 Å². The van der Waals surface area contributed by atoms with Gasteiger partial charge in [-0.1, -0.05) is 36.4 Å². The molecule has 2 aromatic heterocycles. The molecule has 0 unspecified atom stereocenters. The Morgan fingerprint density at radius 3 is 1.92 bits per heavy atom. The maximum atomic E-state index is 11.5. The summed E-state index contributed by atoms with van der Waals surface area (Å²) in [6.45, 7) is 1.47. The summed E-state index contributed by atoms with van der Waals surface area (Å²) in [6, 6.07) is 15.1. The summed E-state index contributed by atoms with van der Waals surface area (Å²) >= 11 is 0. The quantitative estimate of drug-likeness (QED) is 0.536. The van der Waals surface area contributed by atoms with E-state index in [-0.39, 0.29) is 6.54 Å². The Labute approximate surface area is 149 Å². The summed E-state index contributed by atoms with van der Waals surface area (Å²) < 4.78 is 11.4. The number of hydrogen-bond donors (Lipinski definition) is 2. The van der Waals surface area contributed by atoms with Crippen LogP contribution in [0.3, 0.4) is 0 Å². The number of rotatable bonds is 5. The number of para-hydroxylation sites is 2. The minimum absolute atomic E-state index is 0.338. The second-order valence-electron chi connectivity index (χ2n) is 6.39. The van der Waals surface area contributed by atoms with Gasteiger partial charge in [0.15, 0.2) is 0 Å². The molecular formula is C20H18N2O4. The Morgan fingerprint density at radius 2 is 1.46 bits per heavy atom. The number of fused-ring (bicyclic) bond motifs is 2. The van der Waals surface area contributed by atoms with E-state index < -0.39 is 11.4 Å². The number of primary amides is 1. The van der Waals surface area contributed by atoms with Crippen LogP contribution >= 0.6 is 0 Å². The monoisotopic (exact) mass is 350 g/mol. The van der Waals surface area contributed by atoms with Gasteiger partial charge in [0.2, 0.25) is 5.91 Å². The SMILES string of the molecule is CC(c1coc2ccccc12)(c1coc2ccccc12)N(O)CC(N)=O. The van der Waals surface area contributed by atoms with Crippen molar-refractivity contribution in [2.45, 2.75) is 12.5 Å². The predicted molar refractivity (Wildman–Crippen MR) is 96.6 cm³/mol. The molecule has 0 radical (unpaired) electrons. The van der Waals surface area contributed by atoms with E-state index in [1.54, 1.807) is 12.5 Å². The molecule has 4 aromatic rings. The highest BCUT2D eigenvalue weighted by Gasteiger charge is 2.41. The summed E-state index contributed by atoms with van der Waals surface area (Å²) in [7, 11) is 0. The second kappa shape index (κ2) is 6.01. The van der Waals surface area contributed by atoms with Gasteiger partial charge in [-0.2, -0.15) is 5.06 Å². The lowest BCUT2D eigenvalue weighted by atomic mass is 9.83. The van der Waals surface area contributed by atoms with E-state index in [2.05, 4.69) is 0 Å². The zero-order valence-electron chi connectivity index (χ0n) is 14.2. The lowest BCUT2D eigenvalue weighted by molar-refractivity contribution is -0.165. The minimum atomic E-state index is -1.10. The average Bonchev–Trinajstić information content (AvgIpc) is 3.25. The van der Waals surface area contributed by atoms with Crippen LogP contribution in [0, 0.1) is 0 Å². The van der Waals surface area contributed by atoms with E-state index in [0.717, 1.165) is 15.8 Å². The molecule has 0 saturated carbocycles. The number of furan rings is 2. The number of amides is 1. The molecule has 0 fully saturated rings. The molecule has 3 N–H and O–H groups in total. The fourth-order valence-corrected chi connectivity index (χ4v) is 3.44. The topological polar surface area (TPSA) is 92.8 Å². The zero-order valence-corrected chi connectivity index (χ0v) is 14.2. The maximum absolute atomic E-state index is 11.5. The van der Waals surface area contributed by atoms with Gasteiger partial charge in [-0.15, -0.1) is 0 Å². The number of nitrogens with two attached hydrogens (primary N) is 1.